The number of benzene rings is 3. The van der Waals surface area contributed by atoms with E-state index in [-0.39, 0.29) is 5.91 Å². The zero-order valence-electron chi connectivity index (χ0n) is 22.3. The molecule has 4 rings (SSSR count). The summed E-state index contributed by atoms with van der Waals surface area (Å²) in [6, 6.07) is 22.6. The Labute approximate surface area is 221 Å². The zero-order chi connectivity index (χ0) is 25.9. The molecule has 0 fully saturated rings. The first-order chi connectivity index (χ1) is 18.1. The number of hydrogen-bond donors (Lipinski definition) is 1. The molecule has 0 aromatic heterocycles. The van der Waals surface area contributed by atoms with Gasteiger partial charge < -0.3 is 14.8 Å². The number of ether oxygens (including phenoxy) is 2. The van der Waals surface area contributed by atoms with E-state index in [9.17, 15) is 4.79 Å². The standard InChI is InChI=1S/C32H40N2O3/c1-3-17-34-18-5-4-6-19-37-31-14-13-28(23-29(31)21-26-10-7-11-27(20-26)24-34)32(35)33-16-15-25-9-8-12-30(22-25)36-2/h7-14,20,22-23H,3-6,15-19,21,24H2,1-2H3,(H,33,35). The van der Waals surface area contributed by atoms with Gasteiger partial charge in [-0.15, -0.1) is 0 Å². The fourth-order valence-electron chi connectivity index (χ4n) is 4.95. The lowest BCUT2D eigenvalue weighted by atomic mass is 9.99. The molecule has 0 saturated carbocycles. The highest BCUT2D eigenvalue weighted by Gasteiger charge is 2.13. The molecule has 5 heteroatoms. The van der Waals surface area contributed by atoms with E-state index in [0.717, 1.165) is 67.9 Å². The number of fused-ring (bicyclic) bond motifs is 3. The van der Waals surface area contributed by atoms with E-state index in [4.69, 9.17) is 9.47 Å². The Morgan fingerprint density at radius 2 is 1.86 bits per heavy atom. The van der Waals surface area contributed by atoms with E-state index in [1.165, 1.54) is 24.0 Å². The molecule has 0 aliphatic carbocycles. The summed E-state index contributed by atoms with van der Waals surface area (Å²) in [6.07, 6.45) is 6.03. The largest absolute Gasteiger partial charge is 0.497 e. The quantitative estimate of drug-likeness (QED) is 0.430. The number of carbonyl (C=O) groups is 1. The van der Waals surface area contributed by atoms with Crippen molar-refractivity contribution in [2.24, 2.45) is 0 Å². The fourth-order valence-corrected chi connectivity index (χ4v) is 4.95. The van der Waals surface area contributed by atoms with Crippen LogP contribution in [0, 0.1) is 0 Å². The van der Waals surface area contributed by atoms with Crippen molar-refractivity contribution in [3.8, 4) is 11.5 Å². The molecule has 3 aromatic rings. The van der Waals surface area contributed by atoms with Crippen LogP contribution in [-0.2, 0) is 19.4 Å². The maximum absolute atomic E-state index is 13.0. The van der Waals surface area contributed by atoms with Gasteiger partial charge in [-0.1, -0.05) is 43.3 Å². The average molecular weight is 501 g/mol. The lowest BCUT2D eigenvalue weighted by molar-refractivity contribution is 0.0954. The molecule has 196 valence electrons. The van der Waals surface area contributed by atoms with Crippen LogP contribution in [0.1, 0.15) is 65.2 Å². The summed E-state index contributed by atoms with van der Waals surface area (Å²) in [4.78, 5) is 15.6. The number of carbonyl (C=O) groups excluding carboxylic acids is 1. The smallest absolute Gasteiger partial charge is 0.251 e. The van der Waals surface area contributed by atoms with E-state index >= 15 is 0 Å². The number of hydrogen-bond acceptors (Lipinski definition) is 4. The molecule has 0 atom stereocenters. The van der Waals surface area contributed by atoms with Crippen LogP contribution in [0.4, 0.5) is 0 Å². The molecule has 5 nitrogen and oxygen atoms in total. The van der Waals surface area contributed by atoms with Crippen molar-refractivity contribution in [3.05, 3.63) is 94.5 Å². The van der Waals surface area contributed by atoms with Gasteiger partial charge in [0.05, 0.1) is 13.7 Å². The third-order valence-corrected chi connectivity index (χ3v) is 6.86. The Morgan fingerprint density at radius 3 is 2.73 bits per heavy atom. The van der Waals surface area contributed by atoms with Crippen LogP contribution >= 0.6 is 0 Å². The second-order valence-electron chi connectivity index (χ2n) is 9.86. The summed E-state index contributed by atoms with van der Waals surface area (Å²) in [5.74, 6) is 1.65. The summed E-state index contributed by atoms with van der Waals surface area (Å²) in [7, 11) is 1.66. The van der Waals surface area contributed by atoms with E-state index in [1.807, 2.05) is 42.5 Å². The normalized spacial score (nSPS) is 14.6. The maximum atomic E-state index is 13.0. The van der Waals surface area contributed by atoms with Gasteiger partial charge in [-0.2, -0.15) is 0 Å². The van der Waals surface area contributed by atoms with Crippen molar-refractivity contribution in [1.82, 2.24) is 10.2 Å². The molecule has 0 spiro atoms. The maximum Gasteiger partial charge on any atom is 0.251 e. The molecule has 0 radical (unpaired) electrons. The third kappa shape index (κ3) is 8.09. The van der Waals surface area contributed by atoms with Gasteiger partial charge in [-0.3, -0.25) is 9.69 Å². The Hall–Kier alpha value is -3.31. The zero-order valence-corrected chi connectivity index (χ0v) is 22.3. The first-order valence-electron chi connectivity index (χ1n) is 13.6. The Kier molecular flexibility index (Phi) is 10.0. The van der Waals surface area contributed by atoms with Crippen LogP contribution in [0.5, 0.6) is 11.5 Å². The minimum Gasteiger partial charge on any atom is -0.497 e. The third-order valence-electron chi connectivity index (χ3n) is 6.86. The topological polar surface area (TPSA) is 50.8 Å². The van der Waals surface area contributed by atoms with Crippen LogP contribution in [0.2, 0.25) is 0 Å². The van der Waals surface area contributed by atoms with E-state index in [0.29, 0.717) is 18.7 Å². The predicted molar refractivity (Wildman–Crippen MR) is 150 cm³/mol. The molecule has 1 aliphatic rings. The van der Waals surface area contributed by atoms with Crippen molar-refractivity contribution in [1.29, 1.82) is 0 Å². The molecular formula is C32H40N2O3. The molecule has 0 saturated heterocycles. The number of nitrogens with one attached hydrogen (secondary N) is 1. The molecule has 2 bridgehead atoms. The van der Waals surface area contributed by atoms with Gasteiger partial charge in [-0.25, -0.2) is 0 Å². The summed E-state index contributed by atoms with van der Waals surface area (Å²) < 4.78 is 11.5. The van der Waals surface area contributed by atoms with Gasteiger partial charge in [0.1, 0.15) is 11.5 Å². The van der Waals surface area contributed by atoms with Gasteiger partial charge in [0.25, 0.3) is 5.91 Å². The number of methoxy groups -OCH3 is 1. The van der Waals surface area contributed by atoms with Crippen LogP contribution in [0.15, 0.2) is 66.7 Å². The lowest BCUT2D eigenvalue weighted by Crippen LogP contribution is -2.26. The minimum atomic E-state index is -0.0611. The summed E-state index contributed by atoms with van der Waals surface area (Å²) in [5, 5.41) is 3.07. The van der Waals surface area contributed by atoms with Gasteiger partial charge in [0.2, 0.25) is 0 Å². The number of rotatable bonds is 7. The van der Waals surface area contributed by atoms with Gasteiger partial charge >= 0.3 is 0 Å². The van der Waals surface area contributed by atoms with Crippen LogP contribution in [-0.4, -0.2) is 44.2 Å². The van der Waals surface area contributed by atoms with Gasteiger partial charge in [0.15, 0.2) is 0 Å². The van der Waals surface area contributed by atoms with Crippen molar-refractivity contribution in [3.63, 3.8) is 0 Å². The molecule has 1 aliphatic heterocycles. The SMILES string of the molecule is CCCN1CCCCCOc2ccc(C(=O)NCCc3cccc(OC)c3)cc2Cc2cccc(c2)C1. The van der Waals surface area contributed by atoms with Crippen molar-refractivity contribution < 1.29 is 14.3 Å². The van der Waals surface area contributed by atoms with E-state index < -0.39 is 0 Å². The second-order valence-corrected chi connectivity index (χ2v) is 9.86. The van der Waals surface area contributed by atoms with Gasteiger partial charge in [-0.05, 0) is 97.8 Å². The Morgan fingerprint density at radius 1 is 1.00 bits per heavy atom. The highest BCUT2D eigenvalue weighted by atomic mass is 16.5. The summed E-state index contributed by atoms with van der Waals surface area (Å²) >= 11 is 0. The first-order valence-corrected chi connectivity index (χ1v) is 13.6. The number of nitrogens with zero attached hydrogens (tertiary/aromatic N) is 1. The van der Waals surface area contributed by atoms with Crippen LogP contribution < -0.4 is 14.8 Å². The molecule has 1 N–H and O–H groups in total. The molecule has 1 heterocycles. The Balaban J connectivity index is 1.48. The fraction of sp³-hybridized carbons (Fsp3) is 0.406. The van der Waals surface area contributed by atoms with E-state index in [2.05, 4.69) is 41.4 Å². The second kappa shape index (κ2) is 13.8. The molecule has 3 aromatic carbocycles. The van der Waals surface area contributed by atoms with Gasteiger partial charge in [0, 0.05) is 25.1 Å². The molecular weight excluding hydrogens is 460 g/mol. The molecule has 37 heavy (non-hydrogen) atoms. The van der Waals surface area contributed by atoms with Crippen molar-refractivity contribution in [2.45, 2.75) is 52.0 Å². The van der Waals surface area contributed by atoms with Crippen LogP contribution in [0.3, 0.4) is 0 Å². The lowest BCUT2D eigenvalue weighted by Gasteiger charge is -2.22. The molecule has 1 amide bonds. The predicted octanol–water partition coefficient (Wildman–Crippen LogP) is 6.03. The van der Waals surface area contributed by atoms with Crippen LogP contribution in [0.25, 0.3) is 0 Å². The van der Waals surface area contributed by atoms with E-state index in [1.54, 1.807) is 7.11 Å². The number of amides is 1. The monoisotopic (exact) mass is 500 g/mol. The summed E-state index contributed by atoms with van der Waals surface area (Å²) in [5.41, 5.74) is 5.44. The van der Waals surface area contributed by atoms with Crippen molar-refractivity contribution in [2.75, 3.05) is 33.4 Å². The minimum absolute atomic E-state index is 0.0611. The summed E-state index contributed by atoms with van der Waals surface area (Å²) in [6.45, 7) is 6.76. The Bertz CT molecular complexity index is 1160. The average Bonchev–Trinajstić information content (AvgIpc) is 2.91. The molecule has 0 unspecified atom stereocenters. The highest BCUT2D eigenvalue weighted by Crippen LogP contribution is 2.25. The first kappa shape index (κ1) is 26.7. The highest BCUT2D eigenvalue weighted by molar-refractivity contribution is 5.94. The van der Waals surface area contributed by atoms with Crippen molar-refractivity contribution >= 4 is 5.91 Å².